The largest absolute Gasteiger partial charge is 0.515 e. The van der Waals surface area contributed by atoms with Crippen molar-refractivity contribution < 1.29 is 14.3 Å². The third-order valence-electron chi connectivity index (χ3n) is 1.73. The van der Waals surface area contributed by atoms with Gasteiger partial charge in [-0.05, 0) is 6.92 Å². The van der Waals surface area contributed by atoms with Crippen LogP contribution in [0.5, 0.6) is 5.88 Å². The average Bonchev–Trinajstić information content (AvgIpc) is 2.65. The highest BCUT2D eigenvalue weighted by molar-refractivity contribution is 5.75. The van der Waals surface area contributed by atoms with Crippen molar-refractivity contribution in [2.45, 2.75) is 6.92 Å². The van der Waals surface area contributed by atoms with Crippen LogP contribution in [0.2, 0.25) is 0 Å². The second-order valence-electron chi connectivity index (χ2n) is 2.73. The highest BCUT2D eigenvalue weighted by atomic mass is 16.7. The van der Waals surface area contributed by atoms with Gasteiger partial charge in [0.2, 0.25) is 5.88 Å². The van der Waals surface area contributed by atoms with Crippen molar-refractivity contribution in [1.82, 2.24) is 15.0 Å². The van der Waals surface area contributed by atoms with Gasteiger partial charge >= 0.3 is 6.16 Å². The Morgan fingerprint density at radius 1 is 1.53 bits per heavy atom. The zero-order valence-electron chi connectivity index (χ0n) is 8.06. The van der Waals surface area contributed by atoms with E-state index < -0.39 is 6.16 Å². The monoisotopic (exact) mass is 207 g/mol. The average molecular weight is 207 g/mol. The Kier molecular flexibility index (Phi) is 2.49. The van der Waals surface area contributed by atoms with Crippen molar-refractivity contribution in [3.63, 3.8) is 0 Å². The van der Waals surface area contributed by atoms with Crippen molar-refractivity contribution in [3.05, 3.63) is 18.6 Å². The van der Waals surface area contributed by atoms with Gasteiger partial charge in [-0.25, -0.2) is 14.8 Å². The van der Waals surface area contributed by atoms with E-state index in [2.05, 4.69) is 19.7 Å². The lowest BCUT2D eigenvalue weighted by atomic mass is 10.4. The van der Waals surface area contributed by atoms with E-state index in [1.807, 2.05) is 0 Å². The summed E-state index contributed by atoms with van der Waals surface area (Å²) in [6.07, 6.45) is 2.32. The molecule has 0 saturated heterocycles. The number of pyridine rings is 1. The molecule has 0 atom stereocenters. The van der Waals surface area contributed by atoms with Crippen LogP contribution in [0.3, 0.4) is 0 Å². The van der Waals surface area contributed by atoms with Crippen molar-refractivity contribution in [2.75, 3.05) is 6.61 Å². The quantitative estimate of drug-likeness (QED) is 0.755. The SMILES string of the molecule is CCOC(=O)Oc1cc2nc[nH]c2cn1. The molecule has 0 unspecified atom stereocenters. The number of hydrogen-bond donors (Lipinski definition) is 1. The van der Waals surface area contributed by atoms with E-state index in [0.29, 0.717) is 5.52 Å². The molecule has 0 fully saturated rings. The minimum absolute atomic E-state index is 0.174. The lowest BCUT2D eigenvalue weighted by Crippen LogP contribution is -2.10. The van der Waals surface area contributed by atoms with Gasteiger partial charge in [0.15, 0.2) is 0 Å². The van der Waals surface area contributed by atoms with Crippen LogP contribution >= 0.6 is 0 Å². The van der Waals surface area contributed by atoms with Crippen LogP contribution in [-0.2, 0) is 4.74 Å². The van der Waals surface area contributed by atoms with E-state index in [0.717, 1.165) is 5.52 Å². The van der Waals surface area contributed by atoms with Crippen LogP contribution in [0.15, 0.2) is 18.6 Å². The summed E-state index contributed by atoms with van der Waals surface area (Å²) in [5.74, 6) is 0.174. The lowest BCUT2D eigenvalue weighted by Gasteiger charge is -2.01. The van der Waals surface area contributed by atoms with Gasteiger partial charge in [-0.15, -0.1) is 0 Å². The summed E-state index contributed by atoms with van der Waals surface area (Å²) in [4.78, 5) is 21.8. The molecule has 2 rings (SSSR count). The third-order valence-corrected chi connectivity index (χ3v) is 1.73. The number of aromatic amines is 1. The van der Waals surface area contributed by atoms with E-state index in [4.69, 9.17) is 4.74 Å². The molecule has 0 aliphatic carbocycles. The molecule has 1 N–H and O–H groups in total. The smallest absolute Gasteiger partial charge is 0.434 e. The summed E-state index contributed by atoms with van der Waals surface area (Å²) in [6, 6.07) is 1.56. The number of rotatable bonds is 2. The summed E-state index contributed by atoms with van der Waals surface area (Å²) in [6.45, 7) is 1.97. The summed E-state index contributed by atoms with van der Waals surface area (Å²) >= 11 is 0. The van der Waals surface area contributed by atoms with E-state index in [1.165, 1.54) is 6.20 Å². The lowest BCUT2D eigenvalue weighted by molar-refractivity contribution is 0.103. The maximum Gasteiger partial charge on any atom is 0.515 e. The first-order chi connectivity index (χ1) is 7.29. The first-order valence-corrected chi connectivity index (χ1v) is 4.43. The number of nitrogens with one attached hydrogen (secondary N) is 1. The number of carbonyl (C=O) groups excluding carboxylic acids is 1. The Labute approximate surface area is 85.2 Å². The van der Waals surface area contributed by atoms with Gasteiger partial charge in [0.05, 0.1) is 30.2 Å². The van der Waals surface area contributed by atoms with E-state index in [9.17, 15) is 4.79 Å². The molecule has 0 spiro atoms. The molecule has 6 nitrogen and oxygen atoms in total. The summed E-state index contributed by atoms with van der Waals surface area (Å²) in [5, 5.41) is 0. The summed E-state index contributed by atoms with van der Waals surface area (Å²) in [5.41, 5.74) is 1.47. The minimum Gasteiger partial charge on any atom is -0.434 e. The summed E-state index contributed by atoms with van der Waals surface area (Å²) < 4.78 is 9.42. The number of fused-ring (bicyclic) bond motifs is 1. The van der Waals surface area contributed by atoms with Gasteiger partial charge in [0, 0.05) is 6.07 Å². The van der Waals surface area contributed by atoms with Crippen LogP contribution in [0.4, 0.5) is 4.79 Å². The van der Waals surface area contributed by atoms with Gasteiger partial charge in [0.1, 0.15) is 0 Å². The number of carbonyl (C=O) groups is 1. The molecule has 0 saturated carbocycles. The number of nitrogens with zero attached hydrogens (tertiary/aromatic N) is 2. The van der Waals surface area contributed by atoms with Gasteiger partial charge in [-0.3, -0.25) is 0 Å². The molecular formula is C9H9N3O3. The maximum atomic E-state index is 11.0. The number of H-pyrrole nitrogens is 1. The Morgan fingerprint density at radius 2 is 2.40 bits per heavy atom. The molecule has 0 bridgehead atoms. The Hall–Kier alpha value is -2.11. The molecule has 0 aliphatic heterocycles. The van der Waals surface area contributed by atoms with Gasteiger partial charge < -0.3 is 14.5 Å². The minimum atomic E-state index is -0.764. The van der Waals surface area contributed by atoms with E-state index in [1.54, 1.807) is 19.3 Å². The fourth-order valence-corrected chi connectivity index (χ4v) is 1.10. The maximum absolute atomic E-state index is 11.0. The van der Waals surface area contributed by atoms with E-state index >= 15 is 0 Å². The van der Waals surface area contributed by atoms with E-state index in [-0.39, 0.29) is 12.5 Å². The Morgan fingerprint density at radius 3 is 3.20 bits per heavy atom. The fraction of sp³-hybridized carbons (Fsp3) is 0.222. The molecule has 2 heterocycles. The summed E-state index contributed by atoms with van der Waals surface area (Å²) in [7, 11) is 0. The molecule has 0 amide bonds. The standard InChI is InChI=1S/C9H9N3O3/c1-2-14-9(13)15-8-3-6-7(4-10-8)12-5-11-6/h3-5H,2H2,1H3,(H,11,12). The normalized spacial score (nSPS) is 10.2. The van der Waals surface area contributed by atoms with Crippen molar-refractivity contribution >= 4 is 17.2 Å². The molecule has 0 aliphatic rings. The van der Waals surface area contributed by atoms with Crippen LogP contribution in [-0.4, -0.2) is 27.7 Å². The van der Waals surface area contributed by atoms with Crippen molar-refractivity contribution in [1.29, 1.82) is 0 Å². The van der Waals surface area contributed by atoms with Crippen LogP contribution in [0, 0.1) is 0 Å². The van der Waals surface area contributed by atoms with Crippen LogP contribution in [0.1, 0.15) is 6.92 Å². The Balaban J connectivity index is 2.17. The molecule has 0 aromatic carbocycles. The number of ether oxygens (including phenoxy) is 2. The number of aromatic nitrogens is 3. The fourth-order valence-electron chi connectivity index (χ4n) is 1.10. The van der Waals surface area contributed by atoms with Crippen LogP contribution < -0.4 is 4.74 Å². The van der Waals surface area contributed by atoms with Gasteiger partial charge in [-0.2, -0.15) is 0 Å². The van der Waals surface area contributed by atoms with Gasteiger partial charge in [0.25, 0.3) is 0 Å². The zero-order valence-corrected chi connectivity index (χ0v) is 8.06. The second kappa shape index (κ2) is 3.95. The molecule has 2 aromatic heterocycles. The second-order valence-corrected chi connectivity index (χ2v) is 2.73. The highest BCUT2D eigenvalue weighted by Gasteiger charge is 2.07. The molecule has 78 valence electrons. The van der Waals surface area contributed by atoms with Gasteiger partial charge in [-0.1, -0.05) is 0 Å². The third kappa shape index (κ3) is 2.04. The molecule has 15 heavy (non-hydrogen) atoms. The first kappa shape index (κ1) is 9.45. The highest BCUT2D eigenvalue weighted by Crippen LogP contribution is 2.14. The molecular weight excluding hydrogens is 198 g/mol. The molecule has 0 radical (unpaired) electrons. The zero-order chi connectivity index (χ0) is 10.7. The molecule has 2 aromatic rings. The van der Waals surface area contributed by atoms with Crippen molar-refractivity contribution in [3.8, 4) is 5.88 Å². The predicted molar refractivity (Wildman–Crippen MR) is 51.5 cm³/mol. The Bertz CT molecular complexity index is 480. The van der Waals surface area contributed by atoms with Crippen LogP contribution in [0.25, 0.3) is 11.0 Å². The number of imidazole rings is 1. The molecule has 6 heteroatoms. The number of hydrogen-bond acceptors (Lipinski definition) is 5. The first-order valence-electron chi connectivity index (χ1n) is 4.43. The predicted octanol–water partition coefficient (Wildman–Crippen LogP) is 1.49. The van der Waals surface area contributed by atoms with Crippen molar-refractivity contribution in [2.24, 2.45) is 0 Å². The topological polar surface area (TPSA) is 77.1 Å².